The quantitative estimate of drug-likeness (QED) is 0.584. The zero-order valence-corrected chi connectivity index (χ0v) is 6.49. The molecule has 0 atom stereocenters. The molecule has 1 aromatic rings. The standard InChI is InChI=1S/C10H8O2/c11-6-8-5-9-3-1-2-4-10(9)12-7-8/h1-6H,7H2. The lowest BCUT2D eigenvalue weighted by atomic mass is 10.1. The van der Waals surface area contributed by atoms with Crippen LogP contribution in [0.2, 0.25) is 0 Å². The number of carbonyl (C=O) groups excluding carboxylic acids is 1. The van der Waals surface area contributed by atoms with Gasteiger partial charge in [-0.3, -0.25) is 4.79 Å². The molecule has 0 fully saturated rings. The molecule has 0 bridgehead atoms. The second-order valence-corrected chi connectivity index (χ2v) is 2.66. The summed E-state index contributed by atoms with van der Waals surface area (Å²) in [4.78, 5) is 10.4. The van der Waals surface area contributed by atoms with Crippen molar-refractivity contribution in [3.05, 3.63) is 35.4 Å². The van der Waals surface area contributed by atoms with Crippen molar-refractivity contribution in [2.45, 2.75) is 0 Å². The molecule has 0 saturated heterocycles. The number of carbonyl (C=O) groups is 1. The van der Waals surface area contributed by atoms with Crippen LogP contribution in [0.3, 0.4) is 0 Å². The Balaban J connectivity index is 2.47. The summed E-state index contributed by atoms with van der Waals surface area (Å²) in [6.45, 7) is 0.389. The van der Waals surface area contributed by atoms with E-state index < -0.39 is 0 Å². The van der Waals surface area contributed by atoms with E-state index in [1.165, 1.54) is 0 Å². The van der Waals surface area contributed by atoms with Crippen LogP contribution in [-0.2, 0) is 4.79 Å². The fraction of sp³-hybridized carbons (Fsp3) is 0.100. The summed E-state index contributed by atoms with van der Waals surface area (Å²) in [5.74, 6) is 0.850. The minimum atomic E-state index is 0.389. The molecule has 1 aliphatic rings. The van der Waals surface area contributed by atoms with Crippen molar-refractivity contribution in [3.8, 4) is 5.75 Å². The fourth-order valence-electron chi connectivity index (χ4n) is 1.20. The lowest BCUT2D eigenvalue weighted by molar-refractivity contribution is -0.105. The first kappa shape index (κ1) is 7.10. The van der Waals surface area contributed by atoms with Gasteiger partial charge in [0.1, 0.15) is 18.6 Å². The van der Waals surface area contributed by atoms with Gasteiger partial charge in [-0.2, -0.15) is 0 Å². The van der Waals surface area contributed by atoms with Gasteiger partial charge in [-0.15, -0.1) is 0 Å². The van der Waals surface area contributed by atoms with Gasteiger partial charge in [0.2, 0.25) is 0 Å². The van der Waals surface area contributed by atoms with Crippen molar-refractivity contribution in [1.82, 2.24) is 0 Å². The lowest BCUT2D eigenvalue weighted by Crippen LogP contribution is -2.07. The van der Waals surface area contributed by atoms with Crippen LogP contribution < -0.4 is 4.74 Å². The monoisotopic (exact) mass is 160 g/mol. The molecule has 0 spiro atoms. The smallest absolute Gasteiger partial charge is 0.149 e. The highest BCUT2D eigenvalue weighted by Gasteiger charge is 2.08. The molecule has 0 N–H and O–H groups in total. The Morgan fingerprint density at radius 2 is 2.17 bits per heavy atom. The van der Waals surface area contributed by atoms with Crippen LogP contribution in [0.25, 0.3) is 6.08 Å². The maximum atomic E-state index is 10.4. The number of benzene rings is 1. The second-order valence-electron chi connectivity index (χ2n) is 2.66. The predicted octanol–water partition coefficient (Wildman–Crippen LogP) is 1.66. The van der Waals surface area contributed by atoms with E-state index in [1.807, 2.05) is 30.3 Å². The van der Waals surface area contributed by atoms with Crippen molar-refractivity contribution in [1.29, 1.82) is 0 Å². The highest BCUT2D eigenvalue weighted by atomic mass is 16.5. The number of ether oxygens (including phenoxy) is 1. The number of hydrogen-bond acceptors (Lipinski definition) is 2. The van der Waals surface area contributed by atoms with E-state index in [9.17, 15) is 4.79 Å². The van der Waals surface area contributed by atoms with Gasteiger partial charge in [0, 0.05) is 11.1 Å². The van der Waals surface area contributed by atoms with Gasteiger partial charge in [0.15, 0.2) is 0 Å². The minimum absolute atomic E-state index is 0.389. The number of aldehydes is 1. The molecule has 0 amide bonds. The predicted molar refractivity (Wildman–Crippen MR) is 46.0 cm³/mol. The van der Waals surface area contributed by atoms with Crippen LogP contribution >= 0.6 is 0 Å². The molecule has 1 aromatic carbocycles. The van der Waals surface area contributed by atoms with E-state index in [1.54, 1.807) is 0 Å². The molecule has 0 radical (unpaired) electrons. The van der Waals surface area contributed by atoms with E-state index in [0.717, 1.165) is 17.6 Å². The Hall–Kier alpha value is -1.57. The summed E-state index contributed by atoms with van der Waals surface area (Å²) in [5.41, 5.74) is 1.67. The number of rotatable bonds is 1. The van der Waals surface area contributed by atoms with Gasteiger partial charge in [-0.1, -0.05) is 18.2 Å². The molecule has 2 heteroatoms. The van der Waals surface area contributed by atoms with Crippen LogP contribution in [-0.4, -0.2) is 12.9 Å². The summed E-state index contributed by atoms with van der Waals surface area (Å²) in [6, 6.07) is 7.66. The largest absolute Gasteiger partial charge is 0.488 e. The van der Waals surface area contributed by atoms with E-state index >= 15 is 0 Å². The summed E-state index contributed by atoms with van der Waals surface area (Å²) >= 11 is 0. The molecule has 60 valence electrons. The van der Waals surface area contributed by atoms with E-state index in [0.29, 0.717) is 12.2 Å². The Labute approximate surface area is 70.5 Å². The molecule has 0 aromatic heterocycles. The van der Waals surface area contributed by atoms with Crippen LogP contribution in [0.1, 0.15) is 5.56 Å². The van der Waals surface area contributed by atoms with Crippen LogP contribution in [0, 0.1) is 0 Å². The maximum absolute atomic E-state index is 10.4. The number of hydrogen-bond donors (Lipinski definition) is 0. The Kier molecular flexibility index (Phi) is 1.67. The minimum Gasteiger partial charge on any atom is -0.488 e. The topological polar surface area (TPSA) is 26.3 Å². The Bertz CT molecular complexity index is 339. The molecule has 2 nitrogen and oxygen atoms in total. The molecule has 1 heterocycles. The third kappa shape index (κ3) is 1.11. The second kappa shape index (κ2) is 2.81. The van der Waals surface area contributed by atoms with Crippen LogP contribution in [0.5, 0.6) is 5.75 Å². The van der Waals surface area contributed by atoms with E-state index in [2.05, 4.69) is 0 Å². The van der Waals surface area contributed by atoms with Crippen molar-refractivity contribution in [2.24, 2.45) is 0 Å². The summed E-state index contributed by atoms with van der Waals surface area (Å²) < 4.78 is 5.33. The highest BCUT2D eigenvalue weighted by molar-refractivity contribution is 5.84. The molecule has 2 rings (SSSR count). The van der Waals surface area contributed by atoms with Crippen LogP contribution in [0.15, 0.2) is 29.8 Å². The third-order valence-electron chi connectivity index (χ3n) is 1.81. The first-order valence-corrected chi connectivity index (χ1v) is 3.78. The average molecular weight is 160 g/mol. The first-order valence-electron chi connectivity index (χ1n) is 3.78. The van der Waals surface area contributed by atoms with Gasteiger partial charge in [0.05, 0.1) is 0 Å². The average Bonchev–Trinajstić information content (AvgIpc) is 2.17. The normalized spacial score (nSPS) is 14.2. The lowest BCUT2D eigenvalue weighted by Gasteiger charge is -2.13. The maximum Gasteiger partial charge on any atom is 0.149 e. The van der Waals surface area contributed by atoms with Gasteiger partial charge in [-0.05, 0) is 12.1 Å². The zero-order valence-electron chi connectivity index (χ0n) is 6.49. The zero-order chi connectivity index (χ0) is 8.39. The van der Waals surface area contributed by atoms with Gasteiger partial charge >= 0.3 is 0 Å². The van der Waals surface area contributed by atoms with Crippen LogP contribution in [0.4, 0.5) is 0 Å². The fourth-order valence-corrected chi connectivity index (χ4v) is 1.20. The van der Waals surface area contributed by atoms with E-state index in [4.69, 9.17) is 4.74 Å². The molecular formula is C10H8O2. The highest BCUT2D eigenvalue weighted by Crippen LogP contribution is 2.24. The van der Waals surface area contributed by atoms with Gasteiger partial charge in [0.25, 0.3) is 0 Å². The van der Waals surface area contributed by atoms with Crippen molar-refractivity contribution < 1.29 is 9.53 Å². The van der Waals surface area contributed by atoms with Crippen molar-refractivity contribution >= 4 is 12.4 Å². The first-order chi connectivity index (χ1) is 5.90. The Morgan fingerprint density at radius 3 is 3.00 bits per heavy atom. The molecule has 0 aliphatic carbocycles. The molecular weight excluding hydrogens is 152 g/mol. The van der Waals surface area contributed by atoms with Gasteiger partial charge < -0.3 is 4.74 Å². The molecule has 0 saturated carbocycles. The van der Waals surface area contributed by atoms with Crippen molar-refractivity contribution in [3.63, 3.8) is 0 Å². The number of fused-ring (bicyclic) bond motifs is 1. The molecule has 12 heavy (non-hydrogen) atoms. The van der Waals surface area contributed by atoms with Crippen molar-refractivity contribution in [2.75, 3.05) is 6.61 Å². The summed E-state index contributed by atoms with van der Waals surface area (Å²) in [5, 5.41) is 0. The third-order valence-corrected chi connectivity index (χ3v) is 1.81. The molecule has 1 aliphatic heterocycles. The summed E-state index contributed by atoms with van der Waals surface area (Å²) in [7, 11) is 0. The number of para-hydroxylation sites is 1. The Morgan fingerprint density at radius 1 is 1.33 bits per heavy atom. The SMILES string of the molecule is O=CC1=Cc2ccccc2OC1. The molecule has 0 unspecified atom stereocenters. The van der Waals surface area contributed by atoms with Gasteiger partial charge in [-0.25, -0.2) is 0 Å². The summed E-state index contributed by atoms with van der Waals surface area (Å²) in [6.07, 6.45) is 2.68. The van der Waals surface area contributed by atoms with E-state index in [-0.39, 0.29) is 0 Å².